The second kappa shape index (κ2) is 9.42. The SMILES string of the molecule is CCOC(=O)C(/C=C\Cc1ccccc1)=C/Cc1ccccc1. The van der Waals surface area contributed by atoms with Crippen LogP contribution in [0.15, 0.2) is 84.5 Å². The number of ether oxygens (including phenoxy) is 1. The molecule has 0 aromatic heterocycles. The van der Waals surface area contributed by atoms with E-state index in [0.717, 1.165) is 6.42 Å². The summed E-state index contributed by atoms with van der Waals surface area (Å²) in [6.45, 7) is 2.20. The van der Waals surface area contributed by atoms with Gasteiger partial charge in [-0.1, -0.05) is 78.9 Å². The predicted octanol–water partition coefficient (Wildman–Crippen LogP) is 4.52. The molecule has 0 radical (unpaired) electrons. The molecule has 0 atom stereocenters. The molecular formula is C21H22O2. The average Bonchev–Trinajstić information content (AvgIpc) is 2.60. The quantitative estimate of drug-likeness (QED) is 0.427. The summed E-state index contributed by atoms with van der Waals surface area (Å²) in [4.78, 5) is 12.1. The minimum atomic E-state index is -0.271. The first-order valence-electron chi connectivity index (χ1n) is 7.91. The van der Waals surface area contributed by atoms with Gasteiger partial charge < -0.3 is 4.74 Å². The summed E-state index contributed by atoms with van der Waals surface area (Å²) in [6.07, 6.45) is 7.29. The lowest BCUT2D eigenvalue weighted by Gasteiger charge is -2.03. The Kier molecular flexibility index (Phi) is 6.86. The standard InChI is InChI=1S/C21H22O2/c1-2-23-21(22)20(17-16-19-12-7-4-8-13-19)15-9-14-18-10-5-3-6-11-18/h3-13,15,17H,2,14,16H2,1H3/b15-9-,20-17+. The molecule has 2 rings (SSSR count). The van der Waals surface area contributed by atoms with Crippen molar-refractivity contribution < 1.29 is 9.53 Å². The summed E-state index contributed by atoms with van der Waals surface area (Å²) >= 11 is 0. The molecule has 23 heavy (non-hydrogen) atoms. The monoisotopic (exact) mass is 306 g/mol. The molecule has 0 spiro atoms. The minimum absolute atomic E-state index is 0.271. The van der Waals surface area contributed by atoms with Crippen LogP contribution in [0.3, 0.4) is 0 Å². The van der Waals surface area contributed by atoms with Gasteiger partial charge in [0.15, 0.2) is 0 Å². The van der Waals surface area contributed by atoms with Gasteiger partial charge in [0.1, 0.15) is 0 Å². The van der Waals surface area contributed by atoms with Crippen molar-refractivity contribution in [1.82, 2.24) is 0 Å². The molecule has 0 amide bonds. The molecule has 2 aromatic rings. The van der Waals surface area contributed by atoms with E-state index in [-0.39, 0.29) is 5.97 Å². The summed E-state index contributed by atoms with van der Waals surface area (Å²) in [5.74, 6) is -0.271. The van der Waals surface area contributed by atoms with E-state index in [4.69, 9.17) is 4.74 Å². The third-order valence-corrected chi connectivity index (χ3v) is 3.41. The molecule has 0 aliphatic rings. The van der Waals surface area contributed by atoms with Crippen molar-refractivity contribution in [2.45, 2.75) is 19.8 Å². The van der Waals surface area contributed by atoms with Crippen LogP contribution in [0.4, 0.5) is 0 Å². The van der Waals surface area contributed by atoms with Crippen LogP contribution in [-0.2, 0) is 22.4 Å². The second-order valence-electron chi connectivity index (χ2n) is 5.16. The topological polar surface area (TPSA) is 26.3 Å². The first-order chi connectivity index (χ1) is 11.3. The van der Waals surface area contributed by atoms with Gasteiger partial charge in [-0.05, 0) is 30.9 Å². The lowest BCUT2D eigenvalue weighted by molar-refractivity contribution is -0.138. The number of allylic oxidation sites excluding steroid dienone is 2. The Morgan fingerprint density at radius 2 is 1.48 bits per heavy atom. The summed E-state index contributed by atoms with van der Waals surface area (Å²) < 4.78 is 5.14. The fourth-order valence-corrected chi connectivity index (χ4v) is 2.21. The Morgan fingerprint density at radius 3 is 2.04 bits per heavy atom. The lowest BCUT2D eigenvalue weighted by atomic mass is 10.1. The highest BCUT2D eigenvalue weighted by Gasteiger charge is 2.06. The van der Waals surface area contributed by atoms with Gasteiger partial charge >= 0.3 is 5.97 Å². The molecule has 0 saturated heterocycles. The summed E-state index contributed by atoms with van der Waals surface area (Å²) in [6, 6.07) is 20.2. The van der Waals surface area contributed by atoms with E-state index in [2.05, 4.69) is 12.1 Å². The summed E-state index contributed by atoms with van der Waals surface area (Å²) in [7, 11) is 0. The van der Waals surface area contributed by atoms with Gasteiger partial charge in [0.25, 0.3) is 0 Å². The molecular weight excluding hydrogens is 284 g/mol. The molecule has 2 heteroatoms. The molecule has 0 aliphatic carbocycles. The Hall–Kier alpha value is -2.61. The van der Waals surface area contributed by atoms with Gasteiger partial charge in [-0.15, -0.1) is 0 Å². The third kappa shape index (κ3) is 5.95. The van der Waals surface area contributed by atoms with E-state index < -0.39 is 0 Å². The molecule has 2 nitrogen and oxygen atoms in total. The maximum absolute atomic E-state index is 12.1. The van der Waals surface area contributed by atoms with E-state index in [1.165, 1.54) is 11.1 Å². The summed E-state index contributed by atoms with van der Waals surface area (Å²) in [5.41, 5.74) is 2.99. The molecule has 0 saturated carbocycles. The van der Waals surface area contributed by atoms with E-state index in [9.17, 15) is 4.79 Å². The van der Waals surface area contributed by atoms with Crippen LogP contribution in [0, 0.1) is 0 Å². The lowest BCUT2D eigenvalue weighted by Crippen LogP contribution is -2.06. The van der Waals surface area contributed by atoms with Crippen molar-refractivity contribution in [3.8, 4) is 0 Å². The maximum Gasteiger partial charge on any atom is 0.337 e. The van der Waals surface area contributed by atoms with Crippen LogP contribution in [0.1, 0.15) is 18.1 Å². The first kappa shape index (κ1) is 16.8. The van der Waals surface area contributed by atoms with E-state index in [1.807, 2.05) is 73.7 Å². The zero-order valence-corrected chi connectivity index (χ0v) is 13.4. The Bertz CT molecular complexity index is 655. The van der Waals surface area contributed by atoms with Crippen molar-refractivity contribution in [2.75, 3.05) is 6.61 Å². The molecule has 118 valence electrons. The van der Waals surface area contributed by atoms with Crippen molar-refractivity contribution in [2.24, 2.45) is 0 Å². The van der Waals surface area contributed by atoms with Gasteiger partial charge in [0, 0.05) is 0 Å². The van der Waals surface area contributed by atoms with Crippen LogP contribution in [0.25, 0.3) is 0 Å². The fraction of sp³-hybridized carbons (Fsp3) is 0.190. The normalized spacial score (nSPS) is 11.6. The van der Waals surface area contributed by atoms with Crippen LogP contribution in [-0.4, -0.2) is 12.6 Å². The molecule has 0 aliphatic heterocycles. The number of carbonyl (C=O) groups excluding carboxylic acids is 1. The number of benzene rings is 2. The Labute approximate surface area is 138 Å². The van der Waals surface area contributed by atoms with E-state index >= 15 is 0 Å². The molecule has 2 aromatic carbocycles. The third-order valence-electron chi connectivity index (χ3n) is 3.41. The van der Waals surface area contributed by atoms with E-state index in [0.29, 0.717) is 18.6 Å². The van der Waals surface area contributed by atoms with Crippen LogP contribution in [0.5, 0.6) is 0 Å². The van der Waals surface area contributed by atoms with Crippen molar-refractivity contribution in [3.63, 3.8) is 0 Å². The van der Waals surface area contributed by atoms with Gasteiger partial charge in [0.05, 0.1) is 12.2 Å². The minimum Gasteiger partial charge on any atom is -0.462 e. The number of esters is 1. The molecule has 0 N–H and O–H groups in total. The largest absolute Gasteiger partial charge is 0.462 e. The van der Waals surface area contributed by atoms with Gasteiger partial charge in [-0.3, -0.25) is 0 Å². The molecule has 0 bridgehead atoms. The predicted molar refractivity (Wildman–Crippen MR) is 94.1 cm³/mol. The van der Waals surface area contributed by atoms with Crippen LogP contribution < -0.4 is 0 Å². The highest BCUT2D eigenvalue weighted by atomic mass is 16.5. The van der Waals surface area contributed by atoms with Crippen molar-refractivity contribution in [1.29, 1.82) is 0 Å². The smallest absolute Gasteiger partial charge is 0.337 e. The van der Waals surface area contributed by atoms with Gasteiger partial charge in [-0.2, -0.15) is 0 Å². The Balaban J connectivity index is 2.06. The van der Waals surface area contributed by atoms with Crippen LogP contribution in [0.2, 0.25) is 0 Å². The van der Waals surface area contributed by atoms with Crippen molar-refractivity contribution >= 4 is 5.97 Å². The van der Waals surface area contributed by atoms with Crippen LogP contribution >= 0.6 is 0 Å². The highest BCUT2D eigenvalue weighted by Crippen LogP contribution is 2.08. The maximum atomic E-state index is 12.1. The highest BCUT2D eigenvalue weighted by molar-refractivity contribution is 5.91. The molecule has 0 heterocycles. The second-order valence-corrected chi connectivity index (χ2v) is 5.16. The first-order valence-corrected chi connectivity index (χ1v) is 7.91. The summed E-state index contributed by atoms with van der Waals surface area (Å²) in [5, 5.41) is 0. The van der Waals surface area contributed by atoms with Gasteiger partial charge in [0.2, 0.25) is 0 Å². The number of rotatable bonds is 7. The van der Waals surface area contributed by atoms with Crippen molar-refractivity contribution in [3.05, 3.63) is 95.6 Å². The zero-order chi connectivity index (χ0) is 16.3. The fourth-order valence-electron chi connectivity index (χ4n) is 2.21. The average molecular weight is 306 g/mol. The Morgan fingerprint density at radius 1 is 0.913 bits per heavy atom. The molecule has 0 fully saturated rings. The van der Waals surface area contributed by atoms with E-state index in [1.54, 1.807) is 0 Å². The zero-order valence-electron chi connectivity index (χ0n) is 13.4. The number of hydrogen-bond acceptors (Lipinski definition) is 2. The molecule has 0 unspecified atom stereocenters. The number of hydrogen-bond donors (Lipinski definition) is 0. The number of carbonyl (C=O) groups is 1. The van der Waals surface area contributed by atoms with Gasteiger partial charge in [-0.25, -0.2) is 4.79 Å².